The summed E-state index contributed by atoms with van der Waals surface area (Å²) in [7, 11) is -3.24. The second-order valence-electron chi connectivity index (χ2n) is 3.85. The minimum absolute atomic E-state index is 0.151. The Hall–Kier alpha value is -1.23. The van der Waals surface area contributed by atoms with Gasteiger partial charge >= 0.3 is 0 Å². The van der Waals surface area contributed by atoms with Crippen molar-refractivity contribution in [2.75, 3.05) is 16.2 Å². The third-order valence-electron chi connectivity index (χ3n) is 2.29. The van der Waals surface area contributed by atoms with Crippen molar-refractivity contribution < 1.29 is 8.42 Å². The first kappa shape index (κ1) is 12.8. The SMILES string of the molecule is CCCCS(=O)(=O)Nc1cc(N)ccc1C. The number of sulfonamides is 1. The highest BCUT2D eigenvalue weighted by Crippen LogP contribution is 2.19. The third-order valence-corrected chi connectivity index (χ3v) is 3.65. The Morgan fingerprint density at radius 3 is 2.69 bits per heavy atom. The molecule has 0 fully saturated rings. The Morgan fingerprint density at radius 2 is 2.06 bits per heavy atom. The lowest BCUT2D eigenvalue weighted by molar-refractivity contribution is 0.598. The highest BCUT2D eigenvalue weighted by Gasteiger charge is 2.10. The molecule has 0 aliphatic carbocycles. The molecule has 0 aliphatic rings. The number of hydrogen-bond donors (Lipinski definition) is 2. The van der Waals surface area contributed by atoms with Crippen LogP contribution in [-0.4, -0.2) is 14.2 Å². The fourth-order valence-corrected chi connectivity index (χ4v) is 2.63. The number of aryl methyl sites for hydroxylation is 1. The average Bonchev–Trinajstić information content (AvgIpc) is 2.20. The number of rotatable bonds is 5. The molecule has 0 saturated carbocycles. The monoisotopic (exact) mass is 242 g/mol. The minimum atomic E-state index is -3.24. The zero-order valence-electron chi connectivity index (χ0n) is 9.66. The average molecular weight is 242 g/mol. The van der Waals surface area contributed by atoms with Gasteiger partial charge in [-0.15, -0.1) is 0 Å². The Kier molecular flexibility index (Phi) is 4.18. The smallest absolute Gasteiger partial charge is 0.232 e. The number of benzene rings is 1. The summed E-state index contributed by atoms with van der Waals surface area (Å²) in [6.45, 7) is 3.80. The van der Waals surface area contributed by atoms with E-state index in [4.69, 9.17) is 5.73 Å². The van der Waals surface area contributed by atoms with E-state index in [1.807, 2.05) is 13.8 Å². The Morgan fingerprint density at radius 1 is 1.38 bits per heavy atom. The summed E-state index contributed by atoms with van der Waals surface area (Å²) in [4.78, 5) is 0. The van der Waals surface area contributed by atoms with Gasteiger partial charge in [0.1, 0.15) is 0 Å². The predicted octanol–water partition coefficient (Wildman–Crippen LogP) is 2.12. The lowest BCUT2D eigenvalue weighted by Crippen LogP contribution is -2.17. The number of hydrogen-bond acceptors (Lipinski definition) is 3. The molecule has 0 radical (unpaired) electrons. The Bertz CT molecular complexity index is 455. The highest BCUT2D eigenvalue weighted by atomic mass is 32.2. The standard InChI is InChI=1S/C11H18N2O2S/c1-3-4-7-16(14,15)13-11-8-10(12)6-5-9(11)2/h5-6,8,13H,3-4,7,12H2,1-2H3. The van der Waals surface area contributed by atoms with Crippen LogP contribution in [0.5, 0.6) is 0 Å². The van der Waals surface area contributed by atoms with Gasteiger partial charge in [-0.05, 0) is 31.0 Å². The lowest BCUT2D eigenvalue weighted by atomic mass is 10.2. The summed E-state index contributed by atoms with van der Waals surface area (Å²) < 4.78 is 25.9. The molecule has 0 heterocycles. The van der Waals surface area contributed by atoms with Crippen LogP contribution < -0.4 is 10.5 Å². The quantitative estimate of drug-likeness (QED) is 0.777. The van der Waals surface area contributed by atoms with Crippen molar-refractivity contribution in [1.82, 2.24) is 0 Å². The van der Waals surface area contributed by atoms with Gasteiger partial charge in [0, 0.05) is 5.69 Å². The molecule has 1 rings (SSSR count). The molecular formula is C11H18N2O2S. The summed E-state index contributed by atoms with van der Waals surface area (Å²) in [6, 6.07) is 5.19. The zero-order valence-corrected chi connectivity index (χ0v) is 10.5. The summed E-state index contributed by atoms with van der Waals surface area (Å²) in [5, 5.41) is 0. The zero-order chi connectivity index (χ0) is 12.2. The number of nitrogen functional groups attached to an aromatic ring is 1. The molecule has 0 amide bonds. The Labute approximate surface area is 96.9 Å². The van der Waals surface area contributed by atoms with Crippen molar-refractivity contribution in [3.63, 3.8) is 0 Å². The predicted molar refractivity (Wildman–Crippen MR) is 67.9 cm³/mol. The van der Waals surface area contributed by atoms with Gasteiger partial charge in [0.15, 0.2) is 0 Å². The van der Waals surface area contributed by atoms with E-state index in [9.17, 15) is 8.42 Å². The number of anilines is 2. The van der Waals surface area contributed by atoms with Crippen LogP contribution in [0.1, 0.15) is 25.3 Å². The second kappa shape index (κ2) is 5.21. The highest BCUT2D eigenvalue weighted by molar-refractivity contribution is 7.92. The van der Waals surface area contributed by atoms with Crippen LogP contribution in [0.3, 0.4) is 0 Å². The number of nitrogens with one attached hydrogen (secondary N) is 1. The van der Waals surface area contributed by atoms with Gasteiger partial charge in [-0.25, -0.2) is 8.42 Å². The topological polar surface area (TPSA) is 72.2 Å². The van der Waals surface area contributed by atoms with E-state index in [1.54, 1.807) is 18.2 Å². The van der Waals surface area contributed by atoms with E-state index < -0.39 is 10.0 Å². The molecule has 0 spiro atoms. The van der Waals surface area contributed by atoms with E-state index in [-0.39, 0.29) is 5.75 Å². The van der Waals surface area contributed by atoms with Crippen LogP contribution in [0.15, 0.2) is 18.2 Å². The van der Waals surface area contributed by atoms with Crippen molar-refractivity contribution in [2.24, 2.45) is 0 Å². The summed E-state index contributed by atoms with van der Waals surface area (Å²) >= 11 is 0. The van der Waals surface area contributed by atoms with Gasteiger partial charge in [-0.2, -0.15) is 0 Å². The molecule has 0 bridgehead atoms. The van der Waals surface area contributed by atoms with Gasteiger partial charge in [-0.1, -0.05) is 19.4 Å². The van der Waals surface area contributed by atoms with Gasteiger partial charge < -0.3 is 5.73 Å². The molecule has 0 aliphatic heterocycles. The maximum atomic E-state index is 11.7. The number of unbranched alkanes of at least 4 members (excludes halogenated alkanes) is 1. The third kappa shape index (κ3) is 3.73. The largest absolute Gasteiger partial charge is 0.399 e. The van der Waals surface area contributed by atoms with Crippen LogP contribution >= 0.6 is 0 Å². The van der Waals surface area contributed by atoms with Crippen molar-refractivity contribution in [3.8, 4) is 0 Å². The first-order valence-corrected chi connectivity index (χ1v) is 6.96. The van der Waals surface area contributed by atoms with Crippen molar-refractivity contribution in [3.05, 3.63) is 23.8 Å². The van der Waals surface area contributed by atoms with Crippen molar-refractivity contribution in [2.45, 2.75) is 26.7 Å². The molecule has 0 unspecified atom stereocenters. The van der Waals surface area contributed by atoms with Crippen molar-refractivity contribution >= 4 is 21.4 Å². The molecule has 90 valence electrons. The van der Waals surface area contributed by atoms with E-state index in [1.165, 1.54) is 0 Å². The molecule has 16 heavy (non-hydrogen) atoms. The molecule has 4 nitrogen and oxygen atoms in total. The van der Waals surface area contributed by atoms with Gasteiger partial charge in [0.2, 0.25) is 10.0 Å². The molecule has 5 heteroatoms. The molecule has 1 aromatic rings. The normalized spacial score (nSPS) is 11.4. The van der Waals surface area contributed by atoms with Crippen LogP contribution in [0.25, 0.3) is 0 Å². The van der Waals surface area contributed by atoms with Gasteiger partial charge in [0.05, 0.1) is 11.4 Å². The summed E-state index contributed by atoms with van der Waals surface area (Å²) in [5.41, 5.74) is 7.60. The summed E-state index contributed by atoms with van der Waals surface area (Å²) in [5.74, 6) is 0.151. The number of nitrogens with two attached hydrogens (primary N) is 1. The first-order chi connectivity index (χ1) is 7.44. The lowest BCUT2D eigenvalue weighted by Gasteiger charge is -2.10. The molecule has 0 atom stereocenters. The Balaban J connectivity index is 2.83. The van der Waals surface area contributed by atoms with E-state index in [0.717, 1.165) is 12.0 Å². The second-order valence-corrected chi connectivity index (χ2v) is 5.69. The molecule has 0 saturated heterocycles. The van der Waals surface area contributed by atoms with Crippen molar-refractivity contribution in [1.29, 1.82) is 0 Å². The van der Waals surface area contributed by atoms with Crippen LogP contribution in [-0.2, 0) is 10.0 Å². The van der Waals surface area contributed by atoms with Crippen LogP contribution in [0.4, 0.5) is 11.4 Å². The molecule has 0 aromatic heterocycles. The maximum absolute atomic E-state index is 11.7. The van der Waals surface area contributed by atoms with E-state index in [2.05, 4.69) is 4.72 Å². The van der Waals surface area contributed by atoms with Gasteiger partial charge in [0.25, 0.3) is 0 Å². The fourth-order valence-electron chi connectivity index (χ4n) is 1.30. The molecule has 1 aromatic carbocycles. The molecule has 3 N–H and O–H groups in total. The van der Waals surface area contributed by atoms with Crippen LogP contribution in [0, 0.1) is 6.92 Å². The summed E-state index contributed by atoms with van der Waals surface area (Å²) in [6.07, 6.45) is 1.52. The van der Waals surface area contributed by atoms with E-state index >= 15 is 0 Å². The first-order valence-electron chi connectivity index (χ1n) is 5.31. The molecular weight excluding hydrogens is 224 g/mol. The van der Waals surface area contributed by atoms with E-state index in [0.29, 0.717) is 17.8 Å². The minimum Gasteiger partial charge on any atom is -0.399 e. The van der Waals surface area contributed by atoms with Crippen LogP contribution in [0.2, 0.25) is 0 Å². The van der Waals surface area contributed by atoms with Gasteiger partial charge in [-0.3, -0.25) is 4.72 Å². The maximum Gasteiger partial charge on any atom is 0.232 e. The fraction of sp³-hybridized carbons (Fsp3) is 0.455.